The molecule has 0 heterocycles. The van der Waals surface area contributed by atoms with E-state index in [1.54, 1.807) is 6.08 Å². The summed E-state index contributed by atoms with van der Waals surface area (Å²) in [4.78, 5) is 11.8. The normalized spacial score (nSPS) is 13.2. The smallest absolute Gasteiger partial charge is 0.185 e. The second-order valence-electron chi connectivity index (χ2n) is 4.79. The molecule has 19 heavy (non-hydrogen) atoms. The first kappa shape index (κ1) is 11.7. The van der Waals surface area contributed by atoms with E-state index in [9.17, 15) is 4.79 Å². The van der Waals surface area contributed by atoms with E-state index < -0.39 is 0 Å². The maximum Gasteiger partial charge on any atom is 0.185 e. The molecule has 0 saturated heterocycles. The molecule has 0 bridgehead atoms. The first-order valence-electron chi connectivity index (χ1n) is 6.40. The van der Waals surface area contributed by atoms with Gasteiger partial charge in [0, 0.05) is 16.9 Å². The summed E-state index contributed by atoms with van der Waals surface area (Å²) >= 11 is 0. The van der Waals surface area contributed by atoms with Crippen molar-refractivity contribution in [1.29, 1.82) is 0 Å². The monoisotopic (exact) mass is 249 g/mol. The minimum absolute atomic E-state index is 0.107. The summed E-state index contributed by atoms with van der Waals surface area (Å²) in [7, 11) is 0. The number of aryl methyl sites for hydroxylation is 1. The van der Waals surface area contributed by atoms with E-state index in [0.717, 1.165) is 34.5 Å². The molecule has 1 aliphatic rings. The summed E-state index contributed by atoms with van der Waals surface area (Å²) in [6, 6.07) is 14.1. The van der Waals surface area contributed by atoms with E-state index in [0.29, 0.717) is 0 Å². The van der Waals surface area contributed by atoms with Crippen LogP contribution in [-0.4, -0.2) is 5.78 Å². The zero-order valence-electron chi connectivity index (χ0n) is 10.8. The van der Waals surface area contributed by atoms with Gasteiger partial charge in [-0.25, -0.2) is 0 Å². The van der Waals surface area contributed by atoms with Crippen LogP contribution in [0, 0.1) is 6.92 Å². The second kappa shape index (κ2) is 4.73. The molecule has 0 aliphatic heterocycles. The molecule has 0 fully saturated rings. The number of carbonyl (C=O) groups excluding carboxylic acids is 1. The number of carbonyl (C=O) groups is 1. The summed E-state index contributed by atoms with van der Waals surface area (Å²) in [6.45, 7) is 2.02. The highest BCUT2D eigenvalue weighted by Gasteiger charge is 2.14. The number of hydrogen-bond acceptors (Lipinski definition) is 2. The highest BCUT2D eigenvalue weighted by Crippen LogP contribution is 2.27. The third-order valence-corrected chi connectivity index (χ3v) is 3.38. The minimum atomic E-state index is 0.107. The number of benzene rings is 2. The fraction of sp³-hybridized carbons (Fsp3) is 0.118. The van der Waals surface area contributed by atoms with Gasteiger partial charge in [0.1, 0.15) is 0 Å². The third kappa shape index (κ3) is 2.29. The molecule has 0 aromatic heterocycles. The van der Waals surface area contributed by atoms with Crippen LogP contribution < -0.4 is 5.32 Å². The Morgan fingerprint density at radius 3 is 2.68 bits per heavy atom. The van der Waals surface area contributed by atoms with Gasteiger partial charge in [-0.1, -0.05) is 24.3 Å². The molecule has 2 aromatic rings. The average Bonchev–Trinajstić information content (AvgIpc) is 2.42. The standard InChI is InChI=1S/C17H15NO/c1-12-10-15-13(6-5-9-17(15)19)11-16(12)18-14-7-3-2-4-8-14/h2-5,7-11,18H,6H2,1H3. The number of allylic oxidation sites excluding steroid dienone is 2. The van der Waals surface area contributed by atoms with E-state index in [1.807, 2.05) is 49.4 Å². The van der Waals surface area contributed by atoms with Crippen LogP contribution in [0.2, 0.25) is 0 Å². The fourth-order valence-corrected chi connectivity index (χ4v) is 2.35. The number of rotatable bonds is 2. The molecule has 0 atom stereocenters. The van der Waals surface area contributed by atoms with Crippen LogP contribution in [0.1, 0.15) is 21.5 Å². The van der Waals surface area contributed by atoms with Crippen LogP contribution in [0.15, 0.2) is 54.6 Å². The molecule has 94 valence electrons. The van der Waals surface area contributed by atoms with Crippen molar-refractivity contribution in [2.24, 2.45) is 0 Å². The van der Waals surface area contributed by atoms with E-state index in [1.165, 1.54) is 0 Å². The number of nitrogens with one attached hydrogen (secondary N) is 1. The molecule has 0 saturated carbocycles. The third-order valence-electron chi connectivity index (χ3n) is 3.38. The molecule has 1 aliphatic carbocycles. The van der Waals surface area contributed by atoms with E-state index in [-0.39, 0.29) is 5.78 Å². The van der Waals surface area contributed by atoms with Gasteiger partial charge < -0.3 is 5.32 Å². The zero-order chi connectivity index (χ0) is 13.2. The molecule has 2 heteroatoms. The molecule has 3 rings (SSSR count). The predicted octanol–water partition coefficient (Wildman–Crippen LogP) is 4.03. The Morgan fingerprint density at radius 1 is 1.11 bits per heavy atom. The Morgan fingerprint density at radius 2 is 1.89 bits per heavy atom. The van der Waals surface area contributed by atoms with Crippen LogP contribution in [-0.2, 0) is 6.42 Å². The van der Waals surface area contributed by atoms with Crippen molar-refractivity contribution in [1.82, 2.24) is 0 Å². The van der Waals surface area contributed by atoms with Gasteiger partial charge >= 0.3 is 0 Å². The van der Waals surface area contributed by atoms with Gasteiger partial charge in [0.25, 0.3) is 0 Å². The fourth-order valence-electron chi connectivity index (χ4n) is 2.35. The van der Waals surface area contributed by atoms with Crippen molar-refractivity contribution in [2.45, 2.75) is 13.3 Å². The van der Waals surface area contributed by atoms with Crippen molar-refractivity contribution in [2.75, 3.05) is 5.32 Å². The Balaban J connectivity index is 1.98. The van der Waals surface area contributed by atoms with Crippen LogP contribution in [0.3, 0.4) is 0 Å². The van der Waals surface area contributed by atoms with Crippen LogP contribution in [0.5, 0.6) is 0 Å². The van der Waals surface area contributed by atoms with E-state index in [4.69, 9.17) is 0 Å². The first-order valence-corrected chi connectivity index (χ1v) is 6.40. The van der Waals surface area contributed by atoms with E-state index >= 15 is 0 Å². The second-order valence-corrected chi connectivity index (χ2v) is 4.79. The molecule has 0 radical (unpaired) electrons. The van der Waals surface area contributed by atoms with Crippen LogP contribution in [0.4, 0.5) is 11.4 Å². The van der Waals surface area contributed by atoms with Gasteiger partial charge in [-0.2, -0.15) is 0 Å². The van der Waals surface area contributed by atoms with Crippen LogP contribution >= 0.6 is 0 Å². The molecule has 0 spiro atoms. The number of anilines is 2. The first-order chi connectivity index (χ1) is 9.24. The van der Waals surface area contributed by atoms with Crippen molar-refractivity contribution in [3.05, 3.63) is 71.3 Å². The van der Waals surface area contributed by atoms with Crippen molar-refractivity contribution >= 4 is 17.2 Å². The number of para-hydroxylation sites is 1. The van der Waals surface area contributed by atoms with E-state index in [2.05, 4.69) is 11.4 Å². The highest BCUT2D eigenvalue weighted by molar-refractivity contribution is 6.07. The van der Waals surface area contributed by atoms with Gasteiger partial charge in [0.05, 0.1) is 0 Å². The molecule has 2 nitrogen and oxygen atoms in total. The van der Waals surface area contributed by atoms with Gasteiger partial charge in [-0.15, -0.1) is 0 Å². The quantitative estimate of drug-likeness (QED) is 0.870. The number of ketones is 1. The van der Waals surface area contributed by atoms with Gasteiger partial charge in [0.2, 0.25) is 0 Å². The summed E-state index contributed by atoms with van der Waals surface area (Å²) in [6.07, 6.45) is 4.41. The maximum atomic E-state index is 11.8. The lowest BCUT2D eigenvalue weighted by molar-refractivity contribution is 0.104. The van der Waals surface area contributed by atoms with Crippen LogP contribution in [0.25, 0.3) is 0 Å². The molecule has 0 unspecified atom stereocenters. The molecular weight excluding hydrogens is 234 g/mol. The number of hydrogen-bond donors (Lipinski definition) is 1. The Labute approximate surface area is 112 Å². The van der Waals surface area contributed by atoms with Crippen molar-refractivity contribution in [3.63, 3.8) is 0 Å². The maximum absolute atomic E-state index is 11.8. The largest absolute Gasteiger partial charge is 0.355 e. The lowest BCUT2D eigenvalue weighted by Gasteiger charge is -2.16. The molecule has 1 N–H and O–H groups in total. The van der Waals surface area contributed by atoms with Gasteiger partial charge in [-0.3, -0.25) is 4.79 Å². The molecule has 2 aromatic carbocycles. The SMILES string of the molecule is Cc1cc2c(cc1Nc1ccccc1)CC=CC2=O. The summed E-state index contributed by atoms with van der Waals surface area (Å²) < 4.78 is 0. The Kier molecular flexibility index (Phi) is 2.92. The average molecular weight is 249 g/mol. The van der Waals surface area contributed by atoms with Crippen molar-refractivity contribution < 1.29 is 4.79 Å². The predicted molar refractivity (Wildman–Crippen MR) is 78.1 cm³/mol. The summed E-state index contributed by atoms with van der Waals surface area (Å²) in [5.74, 6) is 0.107. The molecular formula is C17H15NO. The Bertz CT molecular complexity index is 656. The summed E-state index contributed by atoms with van der Waals surface area (Å²) in [5, 5.41) is 3.40. The Hall–Kier alpha value is -2.35. The zero-order valence-corrected chi connectivity index (χ0v) is 10.8. The van der Waals surface area contributed by atoms with Gasteiger partial charge in [-0.05, 0) is 54.8 Å². The van der Waals surface area contributed by atoms with Gasteiger partial charge in [0.15, 0.2) is 5.78 Å². The number of fused-ring (bicyclic) bond motifs is 1. The topological polar surface area (TPSA) is 29.1 Å². The highest BCUT2D eigenvalue weighted by atomic mass is 16.1. The molecule has 0 amide bonds. The lowest BCUT2D eigenvalue weighted by atomic mass is 9.93. The summed E-state index contributed by atoms with van der Waals surface area (Å²) in [5.41, 5.74) is 5.14. The van der Waals surface area contributed by atoms with Crippen molar-refractivity contribution in [3.8, 4) is 0 Å². The minimum Gasteiger partial charge on any atom is -0.355 e. The lowest BCUT2D eigenvalue weighted by Crippen LogP contribution is -2.07.